The van der Waals surface area contributed by atoms with E-state index in [1.807, 2.05) is 23.6 Å². The molecule has 0 spiro atoms. The first-order valence-electron chi connectivity index (χ1n) is 7.71. The quantitative estimate of drug-likeness (QED) is 0.792. The third-order valence-corrected chi connectivity index (χ3v) is 5.09. The summed E-state index contributed by atoms with van der Waals surface area (Å²) >= 11 is 1.57. The summed E-state index contributed by atoms with van der Waals surface area (Å²) in [5, 5.41) is 6.98. The molecule has 4 rings (SSSR count). The lowest BCUT2D eigenvalue weighted by Crippen LogP contribution is -2.34. The van der Waals surface area contributed by atoms with Crippen LogP contribution in [0.25, 0.3) is 10.7 Å². The molecule has 2 N–H and O–H groups in total. The molecule has 118 valence electrons. The van der Waals surface area contributed by atoms with Crippen LogP contribution >= 0.6 is 11.3 Å². The highest BCUT2D eigenvalue weighted by Crippen LogP contribution is 2.34. The Morgan fingerprint density at radius 3 is 2.87 bits per heavy atom. The summed E-state index contributed by atoms with van der Waals surface area (Å²) in [5.41, 5.74) is 7.73. The van der Waals surface area contributed by atoms with Gasteiger partial charge in [-0.2, -0.15) is 4.98 Å². The first-order chi connectivity index (χ1) is 11.2. The molecule has 0 aromatic carbocycles. The van der Waals surface area contributed by atoms with E-state index in [1.165, 1.54) is 0 Å². The van der Waals surface area contributed by atoms with Gasteiger partial charge in [0, 0.05) is 11.6 Å². The second-order valence-corrected chi connectivity index (χ2v) is 6.77. The van der Waals surface area contributed by atoms with Crippen LogP contribution in [-0.2, 0) is 12.0 Å². The Morgan fingerprint density at radius 2 is 2.09 bits per heavy atom. The fourth-order valence-electron chi connectivity index (χ4n) is 2.91. The summed E-state index contributed by atoms with van der Waals surface area (Å²) in [5.74, 6) is 1.19. The summed E-state index contributed by atoms with van der Waals surface area (Å²) < 4.78 is 5.37. The van der Waals surface area contributed by atoms with Crippen LogP contribution in [0, 0.1) is 0 Å². The molecule has 0 unspecified atom stereocenters. The summed E-state index contributed by atoms with van der Waals surface area (Å²) in [6.07, 6.45) is 6.38. The molecule has 1 fully saturated rings. The van der Waals surface area contributed by atoms with Gasteiger partial charge in [-0.3, -0.25) is 4.98 Å². The van der Waals surface area contributed by atoms with Crippen molar-refractivity contribution < 1.29 is 4.52 Å². The Labute approximate surface area is 137 Å². The number of rotatable bonds is 4. The number of pyridine rings is 1. The number of nitrogens with zero attached hydrogens (tertiary/aromatic N) is 4. The fourth-order valence-corrected chi connectivity index (χ4v) is 3.70. The molecule has 0 saturated heterocycles. The van der Waals surface area contributed by atoms with Crippen LogP contribution in [0.4, 0.5) is 0 Å². The van der Waals surface area contributed by atoms with E-state index in [4.69, 9.17) is 10.3 Å². The van der Waals surface area contributed by atoms with Gasteiger partial charge in [0.2, 0.25) is 5.89 Å². The zero-order valence-corrected chi connectivity index (χ0v) is 13.4. The first kappa shape index (κ1) is 14.5. The highest BCUT2D eigenvalue weighted by molar-refractivity contribution is 7.13. The maximum atomic E-state index is 6.36. The van der Waals surface area contributed by atoms with Crippen LogP contribution in [-0.4, -0.2) is 20.1 Å². The number of nitrogens with two attached hydrogens (primary N) is 1. The van der Waals surface area contributed by atoms with Crippen molar-refractivity contribution in [3.63, 3.8) is 0 Å². The van der Waals surface area contributed by atoms with Crippen molar-refractivity contribution in [1.82, 2.24) is 20.1 Å². The SMILES string of the molecule is NC1(c2noc(Cc3csc(-c4ccccn4)n3)n2)CCCC1. The van der Waals surface area contributed by atoms with Gasteiger partial charge in [-0.05, 0) is 25.0 Å². The van der Waals surface area contributed by atoms with Gasteiger partial charge < -0.3 is 10.3 Å². The van der Waals surface area contributed by atoms with Gasteiger partial charge in [-0.25, -0.2) is 4.98 Å². The van der Waals surface area contributed by atoms with Gasteiger partial charge in [-0.15, -0.1) is 11.3 Å². The second-order valence-electron chi connectivity index (χ2n) is 5.91. The Hall–Kier alpha value is -2.12. The van der Waals surface area contributed by atoms with Crippen LogP contribution in [0.15, 0.2) is 34.3 Å². The van der Waals surface area contributed by atoms with E-state index in [0.717, 1.165) is 42.1 Å². The summed E-state index contributed by atoms with van der Waals surface area (Å²) in [7, 11) is 0. The Balaban J connectivity index is 1.51. The molecule has 3 heterocycles. The molecule has 0 atom stereocenters. The molecule has 1 saturated carbocycles. The van der Waals surface area contributed by atoms with Gasteiger partial charge >= 0.3 is 0 Å². The van der Waals surface area contributed by atoms with Crippen LogP contribution in [0.5, 0.6) is 0 Å². The predicted octanol–water partition coefficient (Wildman–Crippen LogP) is 2.91. The summed E-state index contributed by atoms with van der Waals surface area (Å²) in [6, 6.07) is 5.80. The highest BCUT2D eigenvalue weighted by Gasteiger charge is 2.35. The maximum absolute atomic E-state index is 6.36. The topological polar surface area (TPSA) is 90.7 Å². The molecular formula is C16H17N5OS. The average Bonchev–Trinajstić information content (AvgIpc) is 3.30. The van der Waals surface area contributed by atoms with E-state index in [-0.39, 0.29) is 0 Å². The number of aromatic nitrogens is 4. The van der Waals surface area contributed by atoms with Crippen molar-refractivity contribution in [3.05, 3.63) is 47.2 Å². The van der Waals surface area contributed by atoms with Crippen molar-refractivity contribution in [2.45, 2.75) is 37.6 Å². The van der Waals surface area contributed by atoms with Crippen molar-refractivity contribution in [3.8, 4) is 10.7 Å². The lowest BCUT2D eigenvalue weighted by molar-refractivity contribution is 0.352. The van der Waals surface area contributed by atoms with Gasteiger partial charge in [0.25, 0.3) is 0 Å². The van der Waals surface area contributed by atoms with Gasteiger partial charge in [0.15, 0.2) is 5.82 Å². The van der Waals surface area contributed by atoms with Crippen LogP contribution in [0.3, 0.4) is 0 Å². The standard InChI is InChI=1S/C16H17N5OS/c17-16(6-2-3-7-16)15-20-13(22-21-15)9-11-10-23-14(19-11)12-5-1-4-8-18-12/h1,4-5,8,10H,2-3,6-7,9,17H2. The molecule has 0 radical (unpaired) electrons. The Bertz CT molecular complexity index is 792. The van der Waals surface area contributed by atoms with Crippen molar-refractivity contribution in [2.24, 2.45) is 5.73 Å². The van der Waals surface area contributed by atoms with Gasteiger partial charge in [0.1, 0.15) is 5.01 Å². The zero-order chi connectivity index (χ0) is 15.7. The summed E-state index contributed by atoms with van der Waals surface area (Å²) in [4.78, 5) is 13.4. The number of hydrogen-bond acceptors (Lipinski definition) is 7. The Morgan fingerprint density at radius 1 is 1.22 bits per heavy atom. The summed E-state index contributed by atoms with van der Waals surface area (Å²) in [6.45, 7) is 0. The monoisotopic (exact) mass is 327 g/mol. The van der Waals surface area contributed by atoms with E-state index in [1.54, 1.807) is 17.5 Å². The molecular weight excluding hydrogens is 310 g/mol. The van der Waals surface area contributed by atoms with E-state index < -0.39 is 5.54 Å². The minimum atomic E-state index is -0.414. The molecule has 3 aromatic heterocycles. The third-order valence-electron chi connectivity index (χ3n) is 4.18. The fraction of sp³-hybridized carbons (Fsp3) is 0.375. The molecule has 0 aliphatic heterocycles. The van der Waals surface area contributed by atoms with E-state index in [2.05, 4.69) is 20.1 Å². The minimum absolute atomic E-state index is 0.414. The van der Waals surface area contributed by atoms with Crippen LogP contribution < -0.4 is 5.73 Å². The van der Waals surface area contributed by atoms with Crippen LogP contribution in [0.2, 0.25) is 0 Å². The predicted molar refractivity (Wildman–Crippen MR) is 86.8 cm³/mol. The highest BCUT2D eigenvalue weighted by atomic mass is 32.1. The van der Waals surface area contributed by atoms with E-state index in [9.17, 15) is 0 Å². The zero-order valence-electron chi connectivity index (χ0n) is 12.6. The molecule has 6 nitrogen and oxygen atoms in total. The molecule has 23 heavy (non-hydrogen) atoms. The van der Waals surface area contributed by atoms with Crippen molar-refractivity contribution >= 4 is 11.3 Å². The lowest BCUT2D eigenvalue weighted by Gasteiger charge is -2.17. The van der Waals surface area contributed by atoms with Gasteiger partial charge in [0.05, 0.1) is 23.3 Å². The average molecular weight is 327 g/mol. The molecule has 7 heteroatoms. The minimum Gasteiger partial charge on any atom is -0.339 e. The second kappa shape index (κ2) is 5.82. The first-order valence-corrected chi connectivity index (χ1v) is 8.59. The molecule has 0 bridgehead atoms. The smallest absolute Gasteiger partial charge is 0.232 e. The maximum Gasteiger partial charge on any atom is 0.232 e. The largest absolute Gasteiger partial charge is 0.339 e. The van der Waals surface area contributed by atoms with Gasteiger partial charge in [-0.1, -0.05) is 24.1 Å². The number of thiazole rings is 1. The molecule has 1 aliphatic carbocycles. The molecule has 1 aliphatic rings. The molecule has 0 amide bonds. The van der Waals surface area contributed by atoms with E-state index in [0.29, 0.717) is 18.1 Å². The van der Waals surface area contributed by atoms with E-state index >= 15 is 0 Å². The third kappa shape index (κ3) is 2.89. The normalized spacial score (nSPS) is 16.7. The van der Waals surface area contributed by atoms with Crippen LogP contribution in [0.1, 0.15) is 43.1 Å². The van der Waals surface area contributed by atoms with Crippen molar-refractivity contribution in [2.75, 3.05) is 0 Å². The lowest BCUT2D eigenvalue weighted by atomic mass is 9.99. The van der Waals surface area contributed by atoms with Crippen molar-refractivity contribution in [1.29, 1.82) is 0 Å². The Kier molecular flexibility index (Phi) is 3.66. The number of hydrogen-bond donors (Lipinski definition) is 1. The molecule has 3 aromatic rings.